The number of anilines is 1. The summed E-state index contributed by atoms with van der Waals surface area (Å²) in [5, 5.41) is 4.86. The van der Waals surface area contributed by atoms with Crippen LogP contribution >= 0.6 is 39.1 Å². The van der Waals surface area contributed by atoms with Crippen LogP contribution in [0.1, 0.15) is 22.3 Å². The van der Waals surface area contributed by atoms with Crippen LogP contribution in [0.3, 0.4) is 0 Å². The van der Waals surface area contributed by atoms with E-state index in [1.807, 2.05) is 26.0 Å². The quantitative estimate of drug-likeness (QED) is 0.220. The molecule has 0 aliphatic carbocycles. The molecule has 0 aliphatic rings. The topological polar surface area (TPSA) is 97.3 Å². The number of rotatable bonds is 10. The average Bonchev–Trinajstić information content (AvgIpc) is 2.82. The van der Waals surface area contributed by atoms with Crippen molar-refractivity contribution in [3.05, 3.63) is 85.3 Å². The molecule has 3 aromatic rings. The number of aryl methyl sites for hydroxylation is 2. The Bertz CT molecular complexity index is 1460. The van der Waals surface area contributed by atoms with Crippen LogP contribution in [0.4, 0.5) is 5.69 Å². The van der Waals surface area contributed by atoms with Crippen molar-refractivity contribution in [3.63, 3.8) is 0 Å². The number of benzene rings is 3. The van der Waals surface area contributed by atoms with Gasteiger partial charge < -0.3 is 9.47 Å². The molecule has 0 bridgehead atoms. The first-order valence-corrected chi connectivity index (χ1v) is 14.6. The minimum absolute atomic E-state index is 0.229. The Kier molecular flexibility index (Phi) is 10.1. The number of hydrogen-bond acceptors (Lipinski definition) is 6. The Morgan fingerprint density at radius 3 is 2.37 bits per heavy atom. The zero-order valence-electron chi connectivity index (χ0n) is 21.1. The second kappa shape index (κ2) is 12.8. The number of nitrogens with zero attached hydrogens (tertiary/aromatic N) is 2. The van der Waals surface area contributed by atoms with E-state index in [9.17, 15) is 13.2 Å². The molecule has 0 aromatic heterocycles. The van der Waals surface area contributed by atoms with Crippen LogP contribution in [0.15, 0.2) is 58.1 Å². The van der Waals surface area contributed by atoms with E-state index in [-0.39, 0.29) is 6.61 Å². The first kappa shape index (κ1) is 29.8. The number of hydrogen-bond donors (Lipinski definition) is 1. The van der Waals surface area contributed by atoms with E-state index in [0.717, 1.165) is 27.3 Å². The van der Waals surface area contributed by atoms with Gasteiger partial charge >= 0.3 is 0 Å². The van der Waals surface area contributed by atoms with Crippen LogP contribution in [0, 0.1) is 13.8 Å². The molecule has 3 rings (SSSR count). The molecule has 38 heavy (non-hydrogen) atoms. The van der Waals surface area contributed by atoms with Gasteiger partial charge in [0.15, 0.2) is 11.5 Å². The van der Waals surface area contributed by atoms with Gasteiger partial charge in [-0.15, -0.1) is 0 Å². The predicted octanol–water partition coefficient (Wildman–Crippen LogP) is 5.88. The van der Waals surface area contributed by atoms with Gasteiger partial charge in [-0.05, 0) is 88.4 Å². The second-order valence-electron chi connectivity index (χ2n) is 8.48. The third kappa shape index (κ3) is 8.10. The molecule has 1 amide bonds. The third-order valence-electron chi connectivity index (χ3n) is 5.20. The number of nitrogens with one attached hydrogen (secondary N) is 1. The summed E-state index contributed by atoms with van der Waals surface area (Å²) >= 11 is 15.5. The molecule has 3 aromatic carbocycles. The average molecular weight is 643 g/mol. The van der Waals surface area contributed by atoms with E-state index in [2.05, 4.69) is 26.5 Å². The molecule has 1 N–H and O–H groups in total. The Balaban J connectivity index is 1.70. The van der Waals surface area contributed by atoms with Gasteiger partial charge in [-0.25, -0.2) is 13.8 Å². The number of halogens is 3. The number of carbonyl (C=O) groups excluding carboxylic acids is 1. The zero-order chi connectivity index (χ0) is 28.0. The van der Waals surface area contributed by atoms with Gasteiger partial charge in [0.1, 0.15) is 13.2 Å². The van der Waals surface area contributed by atoms with Crippen molar-refractivity contribution in [2.24, 2.45) is 5.10 Å². The predicted molar refractivity (Wildman–Crippen MR) is 155 cm³/mol. The first-order chi connectivity index (χ1) is 17.9. The van der Waals surface area contributed by atoms with Crippen LogP contribution in [0.5, 0.6) is 11.5 Å². The van der Waals surface area contributed by atoms with Crippen LogP contribution < -0.4 is 19.2 Å². The molecule has 8 nitrogen and oxygen atoms in total. The summed E-state index contributed by atoms with van der Waals surface area (Å²) in [5.41, 5.74) is 5.98. The summed E-state index contributed by atoms with van der Waals surface area (Å²) in [5.74, 6) is 0.306. The fourth-order valence-corrected chi connectivity index (χ4v) is 5.31. The Labute approximate surface area is 240 Å². The van der Waals surface area contributed by atoms with Gasteiger partial charge in [0.2, 0.25) is 10.0 Å². The highest BCUT2D eigenvalue weighted by Crippen LogP contribution is 2.37. The molecular weight excluding hydrogens is 617 g/mol. The normalized spacial score (nSPS) is 11.4. The zero-order valence-corrected chi connectivity index (χ0v) is 25.0. The lowest BCUT2D eigenvalue weighted by atomic mass is 10.1. The Morgan fingerprint density at radius 2 is 1.76 bits per heavy atom. The first-order valence-electron chi connectivity index (χ1n) is 11.2. The lowest BCUT2D eigenvalue weighted by Crippen LogP contribution is -2.39. The van der Waals surface area contributed by atoms with Crippen molar-refractivity contribution >= 4 is 67.0 Å². The molecular formula is C26H26BrCl2N3O5S. The number of hydrazone groups is 1. The standard InChI is InChI=1S/C26H26BrCl2N3O5S/c1-16-7-17(2)9-20(8-16)32(38(4,34)35)14-25(33)31-30-13-19-10-21(27)26(24(12-19)36-3)37-15-18-5-6-22(28)23(29)11-18/h5-13H,14-15H2,1-4H3,(H,31,33)/b30-13+. The van der Waals surface area contributed by atoms with Crippen molar-refractivity contribution < 1.29 is 22.7 Å². The number of methoxy groups -OCH3 is 1. The Morgan fingerprint density at radius 1 is 1.08 bits per heavy atom. The van der Waals surface area contributed by atoms with Gasteiger partial charge in [-0.3, -0.25) is 9.10 Å². The smallest absolute Gasteiger partial charge is 0.260 e. The van der Waals surface area contributed by atoms with Crippen LogP contribution in [-0.2, 0) is 21.4 Å². The van der Waals surface area contributed by atoms with Crippen molar-refractivity contribution in [1.29, 1.82) is 0 Å². The Hall–Kier alpha value is -2.79. The molecule has 0 aliphatic heterocycles. The van der Waals surface area contributed by atoms with Gasteiger partial charge in [-0.2, -0.15) is 5.10 Å². The maximum Gasteiger partial charge on any atom is 0.260 e. The molecule has 202 valence electrons. The van der Waals surface area contributed by atoms with Crippen molar-refractivity contribution in [1.82, 2.24) is 5.43 Å². The maximum absolute atomic E-state index is 12.5. The lowest BCUT2D eigenvalue weighted by molar-refractivity contribution is -0.119. The van der Waals surface area contributed by atoms with E-state index in [4.69, 9.17) is 32.7 Å². The monoisotopic (exact) mass is 641 g/mol. The fourth-order valence-electron chi connectivity index (χ4n) is 3.58. The number of amides is 1. The van der Waals surface area contributed by atoms with E-state index >= 15 is 0 Å². The van der Waals surface area contributed by atoms with Gasteiger partial charge in [0.05, 0.1) is 39.8 Å². The van der Waals surface area contributed by atoms with E-state index < -0.39 is 22.5 Å². The van der Waals surface area contributed by atoms with Crippen LogP contribution in [0.2, 0.25) is 10.0 Å². The van der Waals surface area contributed by atoms with Gasteiger partial charge in [-0.1, -0.05) is 35.3 Å². The second-order valence-corrected chi connectivity index (χ2v) is 12.1. The highest BCUT2D eigenvalue weighted by atomic mass is 79.9. The maximum atomic E-state index is 12.5. The van der Waals surface area contributed by atoms with E-state index in [1.54, 1.807) is 36.4 Å². The van der Waals surface area contributed by atoms with Crippen molar-refractivity contribution in [3.8, 4) is 11.5 Å². The molecule has 0 fully saturated rings. The minimum atomic E-state index is -3.70. The molecule has 0 radical (unpaired) electrons. The highest BCUT2D eigenvalue weighted by molar-refractivity contribution is 9.10. The molecule has 0 atom stereocenters. The van der Waals surface area contributed by atoms with Crippen molar-refractivity contribution in [2.45, 2.75) is 20.5 Å². The van der Waals surface area contributed by atoms with E-state index in [0.29, 0.717) is 37.3 Å². The van der Waals surface area contributed by atoms with Gasteiger partial charge in [0.25, 0.3) is 5.91 Å². The SMILES string of the molecule is COc1cc(/C=N/NC(=O)CN(c2cc(C)cc(C)c2)S(C)(=O)=O)cc(Br)c1OCc1ccc(Cl)c(Cl)c1. The molecule has 12 heteroatoms. The highest BCUT2D eigenvalue weighted by Gasteiger charge is 2.21. The third-order valence-corrected chi connectivity index (χ3v) is 7.67. The van der Waals surface area contributed by atoms with E-state index in [1.165, 1.54) is 13.3 Å². The molecule has 0 heterocycles. The lowest BCUT2D eigenvalue weighted by Gasteiger charge is -2.22. The summed E-state index contributed by atoms with van der Waals surface area (Å²) in [7, 11) is -2.20. The summed E-state index contributed by atoms with van der Waals surface area (Å²) in [6.07, 6.45) is 2.46. The van der Waals surface area contributed by atoms with Gasteiger partial charge in [0, 0.05) is 0 Å². The van der Waals surface area contributed by atoms with Crippen LogP contribution in [-0.4, -0.2) is 40.4 Å². The van der Waals surface area contributed by atoms with Crippen molar-refractivity contribution in [2.75, 3.05) is 24.2 Å². The molecule has 0 unspecified atom stereocenters. The fraction of sp³-hybridized carbons (Fsp3) is 0.231. The summed E-state index contributed by atoms with van der Waals surface area (Å²) in [6.45, 7) is 3.52. The number of ether oxygens (including phenoxy) is 2. The largest absolute Gasteiger partial charge is 0.493 e. The number of sulfonamides is 1. The molecule has 0 saturated carbocycles. The minimum Gasteiger partial charge on any atom is -0.493 e. The van der Waals surface area contributed by atoms with Crippen LogP contribution in [0.25, 0.3) is 0 Å². The summed E-state index contributed by atoms with van der Waals surface area (Å²) in [4.78, 5) is 12.5. The molecule has 0 spiro atoms. The number of carbonyl (C=O) groups is 1. The molecule has 0 saturated heterocycles. The summed E-state index contributed by atoms with van der Waals surface area (Å²) < 4.78 is 37.7. The summed E-state index contributed by atoms with van der Waals surface area (Å²) in [6, 6.07) is 14.0.